The van der Waals surface area contributed by atoms with Crippen LogP contribution in [0.5, 0.6) is 17.4 Å². The largest absolute Gasteiger partial charge is 0.475 e. The first kappa shape index (κ1) is 23.4. The number of fused-ring (bicyclic) bond motifs is 1. The van der Waals surface area contributed by atoms with E-state index in [4.69, 9.17) is 9.47 Å². The Morgan fingerprint density at radius 2 is 1.64 bits per heavy atom. The molecule has 0 unspecified atom stereocenters. The molecule has 3 aromatic carbocycles. The Balaban J connectivity index is 1.19. The number of para-hydroxylation sites is 1. The Morgan fingerprint density at radius 1 is 0.861 bits per heavy atom. The van der Waals surface area contributed by atoms with Crippen molar-refractivity contribution in [2.45, 2.75) is 4.90 Å². The predicted molar refractivity (Wildman–Crippen MR) is 130 cm³/mol. The quantitative estimate of drug-likeness (QED) is 0.301. The van der Waals surface area contributed by atoms with Crippen LogP contribution in [0.3, 0.4) is 0 Å². The van der Waals surface area contributed by atoms with E-state index >= 15 is 0 Å². The highest BCUT2D eigenvalue weighted by Gasteiger charge is 2.14. The molecule has 36 heavy (non-hydrogen) atoms. The molecule has 5 aromatic rings. The van der Waals surface area contributed by atoms with Gasteiger partial charge >= 0.3 is 0 Å². The van der Waals surface area contributed by atoms with Crippen LogP contribution in [0.2, 0.25) is 0 Å². The summed E-state index contributed by atoms with van der Waals surface area (Å²) >= 11 is 0. The number of hydrogen-bond acceptors (Lipinski definition) is 7. The highest BCUT2D eigenvalue weighted by atomic mass is 32.2. The zero-order chi connectivity index (χ0) is 25.0. The van der Waals surface area contributed by atoms with Crippen LogP contribution in [-0.4, -0.2) is 41.4 Å². The summed E-state index contributed by atoms with van der Waals surface area (Å²) in [6.07, 6.45) is 0. The maximum atomic E-state index is 13.6. The van der Waals surface area contributed by atoms with Crippen molar-refractivity contribution in [3.05, 3.63) is 96.8 Å². The van der Waals surface area contributed by atoms with Crippen LogP contribution in [0.1, 0.15) is 0 Å². The molecule has 5 rings (SSSR count). The molecule has 2 heterocycles. The number of nitrogens with zero attached hydrogens (tertiary/aromatic N) is 4. The SMILES string of the molecule is O=S(=O)(NCCOc1ccc2nnc(-c3cccc(F)c3)n2n1)c1ccc(Oc2ccccc2)cc1. The average Bonchev–Trinajstić information content (AvgIpc) is 3.31. The van der Waals surface area contributed by atoms with Gasteiger partial charge in [0, 0.05) is 18.2 Å². The summed E-state index contributed by atoms with van der Waals surface area (Å²) in [4.78, 5) is 0.103. The molecular formula is C25H20FN5O4S. The van der Waals surface area contributed by atoms with Crippen molar-refractivity contribution in [1.29, 1.82) is 0 Å². The lowest BCUT2D eigenvalue weighted by molar-refractivity contribution is 0.306. The molecule has 0 aliphatic rings. The zero-order valence-electron chi connectivity index (χ0n) is 18.8. The Morgan fingerprint density at radius 3 is 2.42 bits per heavy atom. The van der Waals surface area contributed by atoms with E-state index in [2.05, 4.69) is 20.0 Å². The van der Waals surface area contributed by atoms with E-state index in [-0.39, 0.29) is 23.9 Å². The van der Waals surface area contributed by atoms with E-state index in [0.717, 1.165) is 0 Å². The lowest BCUT2D eigenvalue weighted by atomic mass is 10.2. The van der Waals surface area contributed by atoms with Crippen molar-refractivity contribution >= 4 is 15.7 Å². The van der Waals surface area contributed by atoms with Gasteiger partial charge in [-0.25, -0.2) is 17.5 Å². The van der Waals surface area contributed by atoms with E-state index in [0.29, 0.717) is 28.5 Å². The number of halogens is 1. The van der Waals surface area contributed by atoms with Crippen LogP contribution >= 0.6 is 0 Å². The third-order valence-electron chi connectivity index (χ3n) is 5.08. The Labute approximate surface area is 206 Å². The molecule has 0 aliphatic heterocycles. The minimum Gasteiger partial charge on any atom is -0.475 e. The summed E-state index contributed by atoms with van der Waals surface area (Å²) in [5.41, 5.74) is 0.974. The predicted octanol–water partition coefficient (Wildman–Crippen LogP) is 4.08. The summed E-state index contributed by atoms with van der Waals surface area (Å²) < 4.78 is 54.1. The molecule has 182 valence electrons. The second-order valence-electron chi connectivity index (χ2n) is 7.61. The summed E-state index contributed by atoms with van der Waals surface area (Å²) in [6, 6.07) is 24.5. The van der Waals surface area contributed by atoms with Gasteiger partial charge in [0.1, 0.15) is 23.9 Å². The van der Waals surface area contributed by atoms with Crippen LogP contribution in [0, 0.1) is 5.82 Å². The number of benzene rings is 3. The fourth-order valence-electron chi connectivity index (χ4n) is 3.38. The molecule has 2 aromatic heterocycles. The fourth-order valence-corrected chi connectivity index (χ4v) is 4.40. The van der Waals surface area contributed by atoms with Gasteiger partial charge in [-0.3, -0.25) is 0 Å². The normalized spacial score (nSPS) is 11.5. The summed E-state index contributed by atoms with van der Waals surface area (Å²) in [7, 11) is -3.74. The molecule has 9 nitrogen and oxygen atoms in total. The molecule has 0 atom stereocenters. The second kappa shape index (κ2) is 10.1. The van der Waals surface area contributed by atoms with Gasteiger partial charge in [-0.05, 0) is 54.6 Å². The average molecular weight is 506 g/mol. The summed E-state index contributed by atoms with van der Waals surface area (Å²) in [5.74, 6) is 1.38. The highest BCUT2D eigenvalue weighted by molar-refractivity contribution is 7.89. The first-order chi connectivity index (χ1) is 17.5. The highest BCUT2D eigenvalue weighted by Crippen LogP contribution is 2.23. The lowest BCUT2D eigenvalue weighted by Crippen LogP contribution is -2.28. The van der Waals surface area contributed by atoms with E-state index in [1.807, 2.05) is 30.3 Å². The lowest BCUT2D eigenvalue weighted by Gasteiger charge is -2.10. The molecule has 0 fully saturated rings. The van der Waals surface area contributed by atoms with E-state index < -0.39 is 15.8 Å². The van der Waals surface area contributed by atoms with Crippen molar-refractivity contribution in [2.75, 3.05) is 13.2 Å². The van der Waals surface area contributed by atoms with E-state index in [9.17, 15) is 12.8 Å². The smallest absolute Gasteiger partial charge is 0.240 e. The molecule has 0 aliphatic carbocycles. The van der Waals surface area contributed by atoms with E-state index in [1.165, 1.54) is 28.8 Å². The monoisotopic (exact) mass is 505 g/mol. The number of aromatic nitrogens is 4. The van der Waals surface area contributed by atoms with Gasteiger partial charge in [-0.2, -0.15) is 4.52 Å². The number of ether oxygens (including phenoxy) is 2. The zero-order valence-corrected chi connectivity index (χ0v) is 19.6. The minimum atomic E-state index is -3.74. The van der Waals surface area contributed by atoms with Crippen molar-refractivity contribution in [3.8, 4) is 28.8 Å². The Hall–Kier alpha value is -4.35. The van der Waals surface area contributed by atoms with Crippen LogP contribution in [0.4, 0.5) is 4.39 Å². The van der Waals surface area contributed by atoms with Gasteiger partial charge in [0.15, 0.2) is 11.5 Å². The number of sulfonamides is 1. The van der Waals surface area contributed by atoms with Crippen molar-refractivity contribution in [3.63, 3.8) is 0 Å². The number of rotatable bonds is 9. The maximum Gasteiger partial charge on any atom is 0.240 e. The van der Waals surface area contributed by atoms with Gasteiger partial charge in [-0.15, -0.1) is 15.3 Å². The molecule has 0 radical (unpaired) electrons. The maximum absolute atomic E-state index is 13.6. The van der Waals surface area contributed by atoms with Gasteiger partial charge < -0.3 is 9.47 Å². The molecule has 0 saturated carbocycles. The molecule has 0 amide bonds. The number of nitrogens with one attached hydrogen (secondary N) is 1. The first-order valence-corrected chi connectivity index (χ1v) is 12.4. The minimum absolute atomic E-state index is 0.0171. The standard InChI is InChI=1S/C25H20FN5O4S/c26-19-6-4-5-18(17-19)25-29-28-23-13-14-24(30-31(23)25)34-16-15-27-36(32,33)22-11-9-21(10-12-22)35-20-7-2-1-3-8-20/h1-14,17,27H,15-16H2. The third-order valence-corrected chi connectivity index (χ3v) is 6.56. The Kier molecular flexibility index (Phi) is 6.56. The van der Waals surface area contributed by atoms with Crippen LogP contribution < -0.4 is 14.2 Å². The molecule has 11 heteroatoms. The second-order valence-corrected chi connectivity index (χ2v) is 9.38. The van der Waals surface area contributed by atoms with Crippen molar-refractivity contribution in [2.24, 2.45) is 0 Å². The van der Waals surface area contributed by atoms with Crippen LogP contribution in [0.25, 0.3) is 17.0 Å². The van der Waals surface area contributed by atoms with Gasteiger partial charge in [0.2, 0.25) is 15.9 Å². The van der Waals surface area contributed by atoms with Crippen LogP contribution in [-0.2, 0) is 10.0 Å². The van der Waals surface area contributed by atoms with Gasteiger partial charge in [0.25, 0.3) is 0 Å². The van der Waals surface area contributed by atoms with Crippen molar-refractivity contribution in [1.82, 2.24) is 24.5 Å². The molecular weight excluding hydrogens is 485 g/mol. The van der Waals surface area contributed by atoms with Gasteiger partial charge in [0.05, 0.1) is 4.90 Å². The topological polar surface area (TPSA) is 108 Å². The molecule has 0 saturated heterocycles. The number of hydrogen-bond donors (Lipinski definition) is 1. The fraction of sp³-hybridized carbons (Fsp3) is 0.0800. The first-order valence-electron chi connectivity index (χ1n) is 10.9. The Bertz CT molecular complexity index is 1590. The summed E-state index contributed by atoms with van der Waals surface area (Å²) in [5, 5.41) is 12.4. The van der Waals surface area contributed by atoms with E-state index in [1.54, 1.807) is 36.4 Å². The third kappa shape index (κ3) is 5.32. The molecule has 1 N–H and O–H groups in total. The molecule has 0 spiro atoms. The molecule has 0 bridgehead atoms. The van der Waals surface area contributed by atoms with Crippen LogP contribution in [0.15, 0.2) is 95.9 Å². The van der Waals surface area contributed by atoms with Gasteiger partial charge in [-0.1, -0.05) is 30.3 Å². The van der Waals surface area contributed by atoms with Crippen molar-refractivity contribution < 1.29 is 22.3 Å². The summed E-state index contributed by atoms with van der Waals surface area (Å²) in [6.45, 7) is 0.0492.